The summed E-state index contributed by atoms with van der Waals surface area (Å²) in [5, 5.41) is 6.63. The number of rotatable bonds is 5. The van der Waals surface area contributed by atoms with Gasteiger partial charge in [0.25, 0.3) is 0 Å². The van der Waals surface area contributed by atoms with E-state index >= 15 is 0 Å². The zero-order valence-corrected chi connectivity index (χ0v) is 13.0. The second-order valence-electron chi connectivity index (χ2n) is 5.81. The second kappa shape index (κ2) is 8.15. The van der Waals surface area contributed by atoms with E-state index in [0.717, 1.165) is 58.1 Å². The van der Waals surface area contributed by atoms with E-state index in [1.807, 2.05) is 0 Å². The van der Waals surface area contributed by atoms with Crippen LogP contribution >= 0.6 is 0 Å². The van der Waals surface area contributed by atoms with E-state index < -0.39 is 0 Å². The predicted octanol–water partition coefficient (Wildman–Crippen LogP) is 1.82. The molecule has 1 saturated heterocycles. The highest BCUT2D eigenvalue weighted by atomic mass is 16.5. The zero-order valence-electron chi connectivity index (χ0n) is 13.0. The number of nitrogens with zero attached hydrogens (tertiary/aromatic N) is 1. The van der Waals surface area contributed by atoms with Gasteiger partial charge in [-0.1, -0.05) is 24.3 Å². The fourth-order valence-electron chi connectivity index (χ4n) is 2.72. The molecule has 0 aliphatic carbocycles. The number of guanidine groups is 1. The van der Waals surface area contributed by atoms with Crippen molar-refractivity contribution in [1.82, 2.24) is 10.6 Å². The molecule has 0 spiro atoms. The summed E-state index contributed by atoms with van der Waals surface area (Å²) in [7, 11) is 0. The normalized spacial score (nSPS) is 19.4. The first-order chi connectivity index (χ1) is 10.9. The van der Waals surface area contributed by atoms with Gasteiger partial charge in [-0.25, -0.2) is 0 Å². The molecule has 1 aromatic carbocycles. The first kappa shape index (κ1) is 15.3. The number of hydrogen-bond donors (Lipinski definition) is 2. The topological polar surface area (TPSA) is 54.9 Å². The molecule has 1 aromatic rings. The minimum Gasteiger partial charge on any atom is -0.381 e. The molecule has 2 aliphatic heterocycles. The highest BCUT2D eigenvalue weighted by Gasteiger charge is 2.14. The summed E-state index contributed by atoms with van der Waals surface area (Å²) >= 11 is 0. The molecule has 0 radical (unpaired) electrons. The van der Waals surface area contributed by atoms with Crippen LogP contribution in [-0.4, -0.2) is 38.4 Å². The van der Waals surface area contributed by atoms with Crippen molar-refractivity contribution in [2.24, 2.45) is 4.99 Å². The van der Waals surface area contributed by atoms with Crippen LogP contribution in [0.3, 0.4) is 0 Å². The van der Waals surface area contributed by atoms with E-state index in [-0.39, 0.29) is 0 Å². The Morgan fingerprint density at radius 1 is 1.27 bits per heavy atom. The Hall–Kier alpha value is -1.59. The molecular weight excluding hydrogens is 278 g/mol. The summed E-state index contributed by atoms with van der Waals surface area (Å²) in [4.78, 5) is 4.42. The van der Waals surface area contributed by atoms with Crippen molar-refractivity contribution < 1.29 is 9.47 Å². The summed E-state index contributed by atoms with van der Waals surface area (Å²) < 4.78 is 11.3. The summed E-state index contributed by atoms with van der Waals surface area (Å²) in [5.74, 6) is 0.912. The van der Waals surface area contributed by atoms with Crippen LogP contribution in [0.1, 0.15) is 30.4 Å². The molecule has 22 heavy (non-hydrogen) atoms. The van der Waals surface area contributed by atoms with Gasteiger partial charge in [-0.3, -0.25) is 4.99 Å². The summed E-state index contributed by atoms with van der Waals surface area (Å²) in [6.45, 7) is 5.03. The highest BCUT2D eigenvalue weighted by molar-refractivity contribution is 5.80. The average molecular weight is 303 g/mol. The van der Waals surface area contributed by atoms with E-state index in [2.05, 4.69) is 39.9 Å². The molecule has 2 heterocycles. The van der Waals surface area contributed by atoms with Crippen LogP contribution in [0.5, 0.6) is 0 Å². The molecule has 120 valence electrons. The molecule has 5 heteroatoms. The molecule has 0 unspecified atom stereocenters. The van der Waals surface area contributed by atoms with Gasteiger partial charge < -0.3 is 20.1 Å². The lowest BCUT2D eigenvalue weighted by Gasteiger charge is -2.22. The lowest BCUT2D eigenvalue weighted by Crippen LogP contribution is -2.40. The number of ether oxygens (including phenoxy) is 2. The second-order valence-corrected chi connectivity index (χ2v) is 5.81. The molecule has 2 N–H and O–H groups in total. The Bertz CT molecular complexity index is 498. The van der Waals surface area contributed by atoms with Crippen molar-refractivity contribution >= 4 is 5.96 Å². The van der Waals surface area contributed by atoms with Crippen LogP contribution < -0.4 is 10.6 Å². The zero-order chi connectivity index (χ0) is 15.0. The highest BCUT2D eigenvalue weighted by Crippen LogP contribution is 2.14. The van der Waals surface area contributed by atoms with Crippen LogP contribution in [0.15, 0.2) is 29.3 Å². The Balaban J connectivity index is 1.47. The van der Waals surface area contributed by atoms with E-state index in [0.29, 0.717) is 12.7 Å². The van der Waals surface area contributed by atoms with Crippen LogP contribution in [0, 0.1) is 0 Å². The summed E-state index contributed by atoms with van der Waals surface area (Å²) in [6.07, 6.45) is 3.47. The molecule has 1 fully saturated rings. The van der Waals surface area contributed by atoms with E-state index in [1.54, 1.807) is 0 Å². The van der Waals surface area contributed by atoms with Crippen molar-refractivity contribution in [2.75, 3.05) is 26.3 Å². The van der Waals surface area contributed by atoms with Gasteiger partial charge in [0.1, 0.15) is 0 Å². The molecule has 0 amide bonds. The van der Waals surface area contributed by atoms with Crippen molar-refractivity contribution in [3.05, 3.63) is 35.4 Å². The van der Waals surface area contributed by atoms with Crippen molar-refractivity contribution in [3.8, 4) is 0 Å². The summed E-state index contributed by atoms with van der Waals surface area (Å²) in [5.41, 5.74) is 2.48. The van der Waals surface area contributed by atoms with Gasteiger partial charge in [0.15, 0.2) is 5.96 Å². The first-order valence-corrected chi connectivity index (χ1v) is 8.19. The van der Waals surface area contributed by atoms with Crippen molar-refractivity contribution in [1.29, 1.82) is 0 Å². The molecule has 0 saturated carbocycles. The third-order valence-corrected chi connectivity index (χ3v) is 4.00. The van der Waals surface area contributed by atoms with E-state index in [1.165, 1.54) is 11.1 Å². The van der Waals surface area contributed by atoms with Crippen LogP contribution in [0.25, 0.3) is 0 Å². The molecule has 2 aliphatic rings. The molecule has 0 atom stereocenters. The Labute approximate surface area is 132 Å². The van der Waals surface area contributed by atoms with E-state index in [9.17, 15) is 0 Å². The lowest BCUT2D eigenvalue weighted by atomic mass is 10.1. The molecule has 0 bridgehead atoms. The molecular formula is C17H25N3O2. The first-order valence-electron chi connectivity index (χ1n) is 8.19. The largest absolute Gasteiger partial charge is 0.381 e. The third-order valence-electron chi connectivity index (χ3n) is 4.00. The monoisotopic (exact) mass is 303 g/mol. The minimum absolute atomic E-state index is 0.344. The Kier molecular flexibility index (Phi) is 5.67. The molecule has 0 aromatic heterocycles. The third kappa shape index (κ3) is 4.71. The Morgan fingerprint density at radius 3 is 2.95 bits per heavy atom. The quantitative estimate of drug-likeness (QED) is 0.871. The summed E-state index contributed by atoms with van der Waals surface area (Å²) in [6, 6.07) is 8.55. The number of hydrogen-bond acceptors (Lipinski definition) is 5. The lowest BCUT2D eigenvalue weighted by molar-refractivity contribution is -0.0390. The fraction of sp³-hybridized carbons (Fsp3) is 0.588. The van der Waals surface area contributed by atoms with Crippen molar-refractivity contribution in [2.45, 2.75) is 38.5 Å². The van der Waals surface area contributed by atoms with Crippen LogP contribution in [0.2, 0.25) is 0 Å². The molecule has 3 rings (SSSR count). The number of nitrogens with one attached hydrogen (secondary N) is 2. The van der Waals surface area contributed by atoms with Crippen molar-refractivity contribution in [3.63, 3.8) is 0 Å². The average Bonchev–Trinajstić information content (AvgIpc) is 2.60. The molecule has 5 nitrogen and oxygen atoms in total. The maximum absolute atomic E-state index is 5.98. The van der Waals surface area contributed by atoms with Gasteiger partial charge >= 0.3 is 0 Å². The predicted molar refractivity (Wildman–Crippen MR) is 86.8 cm³/mol. The minimum atomic E-state index is 0.344. The van der Waals surface area contributed by atoms with E-state index in [4.69, 9.17) is 9.47 Å². The Morgan fingerprint density at radius 2 is 2.14 bits per heavy atom. The number of aliphatic imine (C=N–C) groups is 1. The van der Waals surface area contributed by atoms with Gasteiger partial charge in [0.05, 0.1) is 12.7 Å². The SMILES string of the molecule is c1cc(CNC2=NCCCN2)cc(COC2CCOCC2)c1. The standard InChI is InChI=1S/C17H25N3O2/c1-3-14(12-20-17-18-7-2-8-19-17)11-15(4-1)13-22-16-5-9-21-10-6-16/h1,3-4,11,16H,2,5-10,12-13H2,(H2,18,19,20). The van der Waals surface area contributed by atoms with Gasteiger partial charge in [-0.2, -0.15) is 0 Å². The van der Waals surface area contributed by atoms with Gasteiger partial charge in [0, 0.05) is 32.8 Å². The fourth-order valence-corrected chi connectivity index (χ4v) is 2.72. The maximum atomic E-state index is 5.98. The van der Waals surface area contributed by atoms with Gasteiger partial charge in [-0.05, 0) is 30.4 Å². The number of benzene rings is 1. The van der Waals surface area contributed by atoms with Gasteiger partial charge in [0.2, 0.25) is 0 Å². The van der Waals surface area contributed by atoms with Crippen LogP contribution in [-0.2, 0) is 22.6 Å². The van der Waals surface area contributed by atoms with Gasteiger partial charge in [-0.15, -0.1) is 0 Å². The smallest absolute Gasteiger partial charge is 0.191 e. The maximum Gasteiger partial charge on any atom is 0.191 e. The van der Waals surface area contributed by atoms with Crippen LogP contribution in [0.4, 0.5) is 0 Å².